The van der Waals surface area contributed by atoms with Crippen molar-refractivity contribution in [2.45, 2.75) is 187 Å². The molecule has 0 bridgehead atoms. The number of hydrogen-bond donors (Lipinski definition) is 4. The van der Waals surface area contributed by atoms with Gasteiger partial charge < -0.3 is 29.7 Å². The molecule has 12 heteroatoms. The summed E-state index contributed by atoms with van der Waals surface area (Å²) in [6.07, 6.45) is 39.6. The van der Waals surface area contributed by atoms with Crippen molar-refractivity contribution >= 4 is 19.8 Å². The molecular weight excluding hydrogens is 747 g/mol. The number of rotatable bonds is 41. The van der Waals surface area contributed by atoms with Gasteiger partial charge in [0.1, 0.15) is 12.7 Å². The van der Waals surface area contributed by atoms with Crippen LogP contribution in [0.5, 0.6) is 0 Å². The van der Waals surface area contributed by atoms with Crippen LogP contribution in [0.25, 0.3) is 0 Å². The highest BCUT2D eigenvalue weighted by Gasteiger charge is 2.27. The van der Waals surface area contributed by atoms with E-state index < -0.39 is 51.8 Å². The molecule has 0 aliphatic rings. The van der Waals surface area contributed by atoms with Crippen molar-refractivity contribution in [2.24, 2.45) is 5.92 Å². The third-order valence-electron chi connectivity index (χ3n) is 9.22. The Morgan fingerprint density at radius 1 is 0.561 bits per heavy atom. The number of esters is 2. The molecule has 0 aliphatic carbocycles. The summed E-state index contributed by atoms with van der Waals surface area (Å²) in [5.41, 5.74) is 0. The molecule has 0 saturated carbocycles. The predicted molar refractivity (Wildman–Crippen MR) is 230 cm³/mol. The number of phosphoric ester groups is 1. The SMILES string of the molecule is CC(C)CCCCCCCCCCCCCCCC(=O)OC[C@H](COP(=O)(O)OC[C@@H](O)CO)OC(=O)CCC/C=C\C/C=C\C/C=C\C/C=C\CCCCCO. The van der Waals surface area contributed by atoms with E-state index in [1.54, 1.807) is 0 Å². The van der Waals surface area contributed by atoms with Crippen molar-refractivity contribution in [3.05, 3.63) is 48.6 Å². The van der Waals surface area contributed by atoms with Crippen LogP contribution < -0.4 is 0 Å². The third kappa shape index (κ3) is 41.8. The van der Waals surface area contributed by atoms with Gasteiger partial charge in [0.05, 0.1) is 19.8 Å². The average Bonchev–Trinajstić information content (AvgIpc) is 3.18. The molecule has 0 heterocycles. The second-order valence-electron chi connectivity index (χ2n) is 15.3. The Hall–Kier alpha value is -2.11. The molecule has 4 N–H and O–H groups in total. The molecule has 0 fully saturated rings. The van der Waals surface area contributed by atoms with Crippen LogP contribution >= 0.6 is 7.82 Å². The molecule has 0 aromatic carbocycles. The summed E-state index contributed by atoms with van der Waals surface area (Å²) in [6, 6.07) is 0. The van der Waals surface area contributed by atoms with Crippen LogP contribution in [0.3, 0.4) is 0 Å². The average molecular weight is 829 g/mol. The highest BCUT2D eigenvalue weighted by molar-refractivity contribution is 7.47. The number of carbonyl (C=O) groups is 2. The van der Waals surface area contributed by atoms with Crippen LogP contribution in [0.4, 0.5) is 0 Å². The largest absolute Gasteiger partial charge is 0.472 e. The van der Waals surface area contributed by atoms with Crippen molar-refractivity contribution in [3.63, 3.8) is 0 Å². The van der Waals surface area contributed by atoms with Gasteiger partial charge in [-0.05, 0) is 63.7 Å². The first-order valence-corrected chi connectivity index (χ1v) is 23.6. The Balaban J connectivity index is 4.37. The highest BCUT2D eigenvalue weighted by atomic mass is 31.2. The first-order valence-electron chi connectivity index (χ1n) is 22.1. The molecule has 1 unspecified atom stereocenters. The molecule has 0 aromatic rings. The number of carbonyl (C=O) groups excluding carboxylic acids is 2. The molecule has 11 nitrogen and oxygen atoms in total. The molecule has 0 spiro atoms. The Labute approximate surface area is 346 Å². The molecule has 0 rings (SSSR count). The Morgan fingerprint density at radius 2 is 1.02 bits per heavy atom. The molecule has 0 aromatic heterocycles. The van der Waals surface area contributed by atoms with Crippen LogP contribution in [-0.4, -0.2) is 77.4 Å². The van der Waals surface area contributed by atoms with Crippen molar-refractivity contribution in [3.8, 4) is 0 Å². The maximum Gasteiger partial charge on any atom is 0.472 e. The van der Waals surface area contributed by atoms with E-state index in [2.05, 4.69) is 54.8 Å². The van der Waals surface area contributed by atoms with Crippen LogP contribution in [0, 0.1) is 5.92 Å². The second-order valence-corrected chi connectivity index (χ2v) is 16.7. The van der Waals surface area contributed by atoms with Gasteiger partial charge in [-0.25, -0.2) is 4.57 Å². The minimum Gasteiger partial charge on any atom is -0.462 e. The topological polar surface area (TPSA) is 169 Å². The van der Waals surface area contributed by atoms with E-state index in [0.29, 0.717) is 19.3 Å². The van der Waals surface area contributed by atoms with Gasteiger partial charge >= 0.3 is 19.8 Å². The molecule has 57 heavy (non-hydrogen) atoms. The summed E-state index contributed by atoms with van der Waals surface area (Å²) >= 11 is 0. The Bertz CT molecular complexity index is 1100. The van der Waals surface area contributed by atoms with E-state index in [1.807, 2.05) is 12.2 Å². The number of hydrogen-bond acceptors (Lipinski definition) is 10. The lowest BCUT2D eigenvalue weighted by Crippen LogP contribution is -2.29. The van der Waals surface area contributed by atoms with Crippen LogP contribution in [0.15, 0.2) is 48.6 Å². The van der Waals surface area contributed by atoms with Gasteiger partial charge in [-0.2, -0.15) is 0 Å². The lowest BCUT2D eigenvalue weighted by molar-refractivity contribution is -0.161. The summed E-state index contributed by atoms with van der Waals surface area (Å²) < 4.78 is 32.6. The third-order valence-corrected chi connectivity index (χ3v) is 10.2. The highest BCUT2D eigenvalue weighted by Crippen LogP contribution is 2.43. The van der Waals surface area contributed by atoms with Gasteiger partial charge in [0, 0.05) is 19.4 Å². The van der Waals surface area contributed by atoms with E-state index in [-0.39, 0.29) is 26.1 Å². The number of unbranched alkanes of at least 4 members (excludes halogenated alkanes) is 16. The number of ether oxygens (including phenoxy) is 2. The number of allylic oxidation sites excluding steroid dienone is 8. The van der Waals surface area contributed by atoms with E-state index in [9.17, 15) is 24.2 Å². The van der Waals surface area contributed by atoms with Gasteiger partial charge in [-0.15, -0.1) is 0 Å². The Kier molecular flexibility index (Phi) is 39.2. The standard InChI is InChI=1S/C45H81O11P/c1-41(2)33-29-25-21-17-13-9-8-11-14-18-22-26-30-34-44(49)53-39-43(40-55-57(51,52)54-38-42(48)37-47)56-45(50)35-31-27-23-19-15-10-6-4-3-5-7-12-16-20-24-28-32-36-46/h3,5-6,10,12,16,19,23,41-43,46-48H,4,7-9,11,13-15,17-18,20-22,24-40H2,1-2H3,(H,51,52)/b5-3-,10-6-,16-12-,23-19-/t42-,43+/m0/s1. The zero-order chi connectivity index (χ0) is 42.1. The maximum atomic E-state index is 12.6. The predicted octanol–water partition coefficient (Wildman–Crippen LogP) is 10.6. The normalized spacial score (nSPS) is 14.4. The van der Waals surface area contributed by atoms with Crippen molar-refractivity contribution in [2.75, 3.05) is 33.0 Å². The zero-order valence-electron chi connectivity index (χ0n) is 35.7. The van der Waals surface area contributed by atoms with Crippen LogP contribution in [0.2, 0.25) is 0 Å². The van der Waals surface area contributed by atoms with E-state index >= 15 is 0 Å². The molecule has 0 aliphatic heterocycles. The molecule has 3 atom stereocenters. The summed E-state index contributed by atoms with van der Waals surface area (Å²) in [5, 5.41) is 27.1. The number of phosphoric acid groups is 1. The fourth-order valence-corrected chi connectivity index (χ4v) is 6.59. The van der Waals surface area contributed by atoms with Gasteiger partial charge in [0.15, 0.2) is 6.10 Å². The summed E-state index contributed by atoms with van der Waals surface area (Å²) in [5.74, 6) is -0.191. The van der Waals surface area contributed by atoms with Crippen LogP contribution in [0.1, 0.15) is 174 Å². The van der Waals surface area contributed by atoms with Gasteiger partial charge in [-0.1, -0.05) is 152 Å². The van der Waals surface area contributed by atoms with Crippen LogP contribution in [-0.2, 0) is 32.7 Å². The smallest absolute Gasteiger partial charge is 0.462 e. The lowest BCUT2D eigenvalue weighted by atomic mass is 10.0. The molecular formula is C45H81O11P. The summed E-state index contributed by atoms with van der Waals surface area (Å²) in [4.78, 5) is 35.0. The second kappa shape index (κ2) is 40.7. The van der Waals surface area contributed by atoms with Gasteiger partial charge in [0.2, 0.25) is 0 Å². The number of aliphatic hydroxyl groups excluding tert-OH is 3. The first-order chi connectivity index (χ1) is 27.6. The minimum absolute atomic E-state index is 0.0983. The van der Waals surface area contributed by atoms with Gasteiger partial charge in [-0.3, -0.25) is 18.6 Å². The summed E-state index contributed by atoms with van der Waals surface area (Å²) in [6.45, 7) is 2.65. The number of aliphatic hydroxyl groups is 3. The zero-order valence-corrected chi connectivity index (χ0v) is 36.6. The van der Waals surface area contributed by atoms with Crippen molar-refractivity contribution in [1.82, 2.24) is 0 Å². The monoisotopic (exact) mass is 829 g/mol. The molecule has 0 amide bonds. The molecule has 332 valence electrons. The fourth-order valence-electron chi connectivity index (χ4n) is 5.80. The van der Waals surface area contributed by atoms with Crippen molar-refractivity contribution in [1.29, 1.82) is 0 Å². The molecule has 0 saturated heterocycles. The fraction of sp³-hybridized carbons (Fsp3) is 0.778. The quantitative estimate of drug-likeness (QED) is 0.0200. The minimum atomic E-state index is -4.64. The van der Waals surface area contributed by atoms with E-state index in [4.69, 9.17) is 24.2 Å². The molecule has 0 radical (unpaired) electrons. The first kappa shape index (κ1) is 54.9. The lowest BCUT2D eigenvalue weighted by Gasteiger charge is -2.20. The van der Waals surface area contributed by atoms with Gasteiger partial charge in [0.25, 0.3) is 0 Å². The Morgan fingerprint density at radius 3 is 1.54 bits per heavy atom. The maximum absolute atomic E-state index is 12.6. The van der Waals surface area contributed by atoms with Crippen molar-refractivity contribution < 1.29 is 52.9 Å². The summed E-state index contributed by atoms with van der Waals surface area (Å²) in [7, 11) is -4.64. The van der Waals surface area contributed by atoms with E-state index in [0.717, 1.165) is 70.1 Å². The van der Waals surface area contributed by atoms with E-state index in [1.165, 1.54) is 64.2 Å².